The van der Waals surface area contributed by atoms with Gasteiger partial charge in [-0.25, -0.2) is 4.39 Å². The Hall–Kier alpha value is -1.50. The predicted octanol–water partition coefficient (Wildman–Crippen LogP) is 4.19. The van der Waals surface area contributed by atoms with Gasteiger partial charge in [0.25, 0.3) is 0 Å². The van der Waals surface area contributed by atoms with Crippen molar-refractivity contribution in [2.75, 3.05) is 11.0 Å². The molecule has 0 bridgehead atoms. The van der Waals surface area contributed by atoms with Gasteiger partial charge in [-0.15, -0.1) is 0 Å². The summed E-state index contributed by atoms with van der Waals surface area (Å²) in [6, 6.07) is 11.3. The largest absolute Gasteiger partial charge is 0.486 e. The Balaban J connectivity index is 1.79. The van der Waals surface area contributed by atoms with Crippen LogP contribution < -0.4 is 14.2 Å². The van der Waals surface area contributed by atoms with E-state index in [2.05, 4.69) is 22.6 Å². The van der Waals surface area contributed by atoms with Crippen LogP contribution in [0.4, 0.5) is 4.39 Å². The SMILES string of the molecule is Fc1ccc(Oc2ccc3c(c2)OC(CI)CO3)cc1. The van der Waals surface area contributed by atoms with Crippen LogP contribution in [-0.2, 0) is 0 Å². The van der Waals surface area contributed by atoms with Gasteiger partial charge in [-0.3, -0.25) is 0 Å². The first kappa shape index (κ1) is 13.5. The van der Waals surface area contributed by atoms with E-state index in [0.717, 1.165) is 10.2 Å². The molecular formula is C15H12FIO3. The topological polar surface area (TPSA) is 27.7 Å². The van der Waals surface area contributed by atoms with Gasteiger partial charge in [0.15, 0.2) is 11.5 Å². The summed E-state index contributed by atoms with van der Waals surface area (Å²) < 4.78 is 30.8. The standard InChI is InChI=1S/C15H12FIO3/c16-10-1-3-11(4-2-10)19-12-5-6-14-15(7-12)20-13(8-17)9-18-14/h1-7,13H,8-9H2. The lowest BCUT2D eigenvalue weighted by Gasteiger charge is -2.25. The maximum absolute atomic E-state index is 12.8. The molecule has 20 heavy (non-hydrogen) atoms. The average Bonchev–Trinajstić information content (AvgIpc) is 2.49. The van der Waals surface area contributed by atoms with E-state index in [9.17, 15) is 4.39 Å². The number of hydrogen-bond donors (Lipinski definition) is 0. The number of ether oxygens (including phenoxy) is 3. The second kappa shape index (κ2) is 5.87. The third kappa shape index (κ3) is 2.98. The van der Waals surface area contributed by atoms with E-state index in [4.69, 9.17) is 14.2 Å². The van der Waals surface area contributed by atoms with Crippen LogP contribution in [0.5, 0.6) is 23.0 Å². The van der Waals surface area contributed by atoms with Crippen LogP contribution in [-0.4, -0.2) is 17.1 Å². The summed E-state index contributed by atoms with van der Waals surface area (Å²) in [5.74, 6) is 2.32. The van der Waals surface area contributed by atoms with Crippen molar-refractivity contribution in [2.24, 2.45) is 0 Å². The summed E-state index contributed by atoms with van der Waals surface area (Å²) >= 11 is 2.26. The van der Waals surface area contributed by atoms with Crippen molar-refractivity contribution >= 4 is 22.6 Å². The lowest BCUT2D eigenvalue weighted by atomic mass is 10.2. The van der Waals surface area contributed by atoms with Gasteiger partial charge in [0.2, 0.25) is 0 Å². The molecule has 3 nitrogen and oxygen atoms in total. The fraction of sp³-hybridized carbons (Fsp3) is 0.200. The minimum absolute atomic E-state index is 0.0594. The zero-order valence-corrected chi connectivity index (χ0v) is 12.7. The Morgan fingerprint density at radius 1 is 1.10 bits per heavy atom. The van der Waals surface area contributed by atoms with Crippen LogP contribution in [0.1, 0.15) is 0 Å². The highest BCUT2D eigenvalue weighted by molar-refractivity contribution is 14.1. The molecule has 0 aliphatic carbocycles. The summed E-state index contributed by atoms with van der Waals surface area (Å²) in [4.78, 5) is 0. The van der Waals surface area contributed by atoms with E-state index in [1.54, 1.807) is 24.3 Å². The molecule has 1 unspecified atom stereocenters. The molecule has 0 saturated carbocycles. The number of rotatable bonds is 3. The van der Waals surface area contributed by atoms with Crippen LogP contribution in [0.25, 0.3) is 0 Å². The van der Waals surface area contributed by atoms with Crippen molar-refractivity contribution < 1.29 is 18.6 Å². The van der Waals surface area contributed by atoms with E-state index in [1.807, 2.05) is 6.07 Å². The second-order valence-electron chi connectivity index (χ2n) is 4.37. The molecule has 104 valence electrons. The smallest absolute Gasteiger partial charge is 0.165 e. The lowest BCUT2D eigenvalue weighted by Crippen LogP contribution is -2.30. The predicted molar refractivity (Wildman–Crippen MR) is 81.7 cm³/mol. The minimum atomic E-state index is -0.288. The lowest BCUT2D eigenvalue weighted by molar-refractivity contribution is 0.109. The Kier molecular flexibility index (Phi) is 3.95. The molecular weight excluding hydrogens is 374 g/mol. The molecule has 0 radical (unpaired) electrons. The first-order valence-electron chi connectivity index (χ1n) is 6.17. The van der Waals surface area contributed by atoms with Crippen molar-refractivity contribution in [3.63, 3.8) is 0 Å². The van der Waals surface area contributed by atoms with E-state index in [1.165, 1.54) is 12.1 Å². The molecule has 0 N–H and O–H groups in total. The molecule has 3 rings (SSSR count). The van der Waals surface area contributed by atoms with E-state index in [-0.39, 0.29) is 11.9 Å². The van der Waals surface area contributed by atoms with Gasteiger partial charge in [-0.1, -0.05) is 22.6 Å². The Labute approximate surface area is 129 Å². The Bertz CT molecular complexity index is 601. The number of fused-ring (bicyclic) bond motifs is 1. The monoisotopic (exact) mass is 386 g/mol. The molecule has 0 fully saturated rings. The van der Waals surface area contributed by atoms with E-state index < -0.39 is 0 Å². The summed E-state index contributed by atoms with van der Waals surface area (Å²) in [6.45, 7) is 0.564. The van der Waals surface area contributed by atoms with Gasteiger partial charge in [-0.2, -0.15) is 0 Å². The number of halogens is 2. The summed E-state index contributed by atoms with van der Waals surface area (Å²) in [5, 5.41) is 0. The van der Waals surface area contributed by atoms with E-state index >= 15 is 0 Å². The average molecular weight is 386 g/mol. The fourth-order valence-electron chi connectivity index (χ4n) is 1.87. The molecule has 5 heteroatoms. The van der Waals surface area contributed by atoms with Crippen LogP contribution >= 0.6 is 22.6 Å². The normalized spacial score (nSPS) is 16.8. The highest BCUT2D eigenvalue weighted by Crippen LogP contribution is 2.36. The molecule has 0 amide bonds. The third-order valence-corrected chi connectivity index (χ3v) is 3.84. The molecule has 1 atom stereocenters. The van der Waals surface area contributed by atoms with Crippen molar-refractivity contribution in [3.8, 4) is 23.0 Å². The maximum Gasteiger partial charge on any atom is 0.165 e. The molecule has 1 heterocycles. The van der Waals surface area contributed by atoms with Crippen LogP contribution in [0.3, 0.4) is 0 Å². The molecule has 2 aromatic rings. The van der Waals surface area contributed by atoms with Crippen molar-refractivity contribution in [1.29, 1.82) is 0 Å². The summed E-state index contributed by atoms with van der Waals surface area (Å²) in [7, 11) is 0. The summed E-state index contributed by atoms with van der Waals surface area (Å²) in [6.07, 6.45) is 0.0594. The van der Waals surface area contributed by atoms with Gasteiger partial charge in [-0.05, 0) is 36.4 Å². The first-order chi connectivity index (χ1) is 9.74. The second-order valence-corrected chi connectivity index (χ2v) is 5.25. The van der Waals surface area contributed by atoms with Crippen molar-refractivity contribution in [2.45, 2.75) is 6.10 Å². The molecule has 0 aromatic heterocycles. The van der Waals surface area contributed by atoms with Gasteiger partial charge in [0.1, 0.15) is 30.0 Å². The summed E-state index contributed by atoms with van der Waals surface area (Å²) in [5.41, 5.74) is 0. The van der Waals surface area contributed by atoms with Crippen molar-refractivity contribution in [1.82, 2.24) is 0 Å². The Morgan fingerprint density at radius 3 is 2.60 bits per heavy atom. The van der Waals surface area contributed by atoms with Gasteiger partial charge in [0.05, 0.1) is 0 Å². The molecule has 0 saturated heterocycles. The highest BCUT2D eigenvalue weighted by atomic mass is 127. The van der Waals surface area contributed by atoms with Crippen LogP contribution in [0, 0.1) is 5.82 Å². The van der Waals surface area contributed by atoms with E-state index in [0.29, 0.717) is 23.9 Å². The van der Waals surface area contributed by atoms with Gasteiger partial charge < -0.3 is 14.2 Å². The van der Waals surface area contributed by atoms with Gasteiger partial charge in [0, 0.05) is 10.5 Å². The minimum Gasteiger partial charge on any atom is -0.486 e. The molecule has 1 aliphatic rings. The number of benzene rings is 2. The zero-order valence-electron chi connectivity index (χ0n) is 10.5. The van der Waals surface area contributed by atoms with Crippen LogP contribution in [0.2, 0.25) is 0 Å². The maximum atomic E-state index is 12.8. The quantitative estimate of drug-likeness (QED) is 0.585. The number of hydrogen-bond acceptors (Lipinski definition) is 3. The van der Waals surface area contributed by atoms with Gasteiger partial charge >= 0.3 is 0 Å². The molecule has 1 aliphatic heterocycles. The zero-order chi connectivity index (χ0) is 13.9. The molecule has 0 spiro atoms. The van der Waals surface area contributed by atoms with Crippen LogP contribution in [0.15, 0.2) is 42.5 Å². The molecule has 2 aromatic carbocycles. The third-order valence-electron chi connectivity index (χ3n) is 2.85. The fourth-order valence-corrected chi connectivity index (χ4v) is 2.31. The highest BCUT2D eigenvalue weighted by Gasteiger charge is 2.20. The first-order valence-corrected chi connectivity index (χ1v) is 7.70. The Morgan fingerprint density at radius 2 is 1.85 bits per heavy atom. The number of alkyl halides is 1. The van der Waals surface area contributed by atoms with Crippen molar-refractivity contribution in [3.05, 3.63) is 48.3 Å².